The summed E-state index contributed by atoms with van der Waals surface area (Å²) in [6.45, 7) is 1.61. The Hall–Kier alpha value is -1.42. The molecule has 0 heterocycles. The molecule has 0 aromatic heterocycles. The molecule has 0 spiro atoms. The number of hydrogen-bond donors (Lipinski definition) is 0. The maximum Gasteiger partial charge on any atom is 0.338 e. The summed E-state index contributed by atoms with van der Waals surface area (Å²) in [5.74, 6) is -0.533. The van der Waals surface area contributed by atoms with Crippen LogP contribution < -0.4 is 0 Å². The second-order valence-electron chi connectivity index (χ2n) is 2.68. The number of esters is 1. The van der Waals surface area contributed by atoms with Gasteiger partial charge >= 0.3 is 5.97 Å². The Morgan fingerprint density at radius 2 is 2.14 bits per heavy atom. The predicted octanol–water partition coefficient (Wildman–Crippen LogP) is 2.83. The lowest BCUT2D eigenvalue weighted by Crippen LogP contribution is -2.03. The van der Waals surface area contributed by atoms with Gasteiger partial charge in [0.15, 0.2) is 0 Å². The average molecular weight is 214 g/mol. The molecule has 0 amide bonds. The number of carbonyl (C=O) groups is 1. The van der Waals surface area contributed by atoms with Crippen LogP contribution in [0.5, 0.6) is 0 Å². The molecule has 0 N–H and O–H groups in total. The van der Waals surface area contributed by atoms with E-state index in [4.69, 9.17) is 11.6 Å². The zero-order valence-electron chi connectivity index (χ0n) is 7.70. The minimum atomic E-state index is -0.533. The van der Waals surface area contributed by atoms with Crippen molar-refractivity contribution in [3.63, 3.8) is 0 Å². The highest BCUT2D eigenvalue weighted by Crippen LogP contribution is 2.27. The van der Waals surface area contributed by atoms with Gasteiger partial charge in [0.2, 0.25) is 0 Å². The van der Waals surface area contributed by atoms with E-state index in [-0.39, 0.29) is 16.3 Å². The maximum atomic E-state index is 11.2. The van der Waals surface area contributed by atoms with E-state index in [9.17, 15) is 9.70 Å². The topological polar surface area (TPSA) is 55.7 Å². The van der Waals surface area contributed by atoms with Crippen molar-refractivity contribution in [1.82, 2.24) is 0 Å². The van der Waals surface area contributed by atoms with Crippen molar-refractivity contribution in [2.75, 3.05) is 7.11 Å². The van der Waals surface area contributed by atoms with Crippen LogP contribution in [0.2, 0.25) is 5.02 Å². The maximum absolute atomic E-state index is 11.2. The Bertz CT molecular complexity index is 390. The first-order valence-electron chi connectivity index (χ1n) is 3.82. The fourth-order valence-electron chi connectivity index (χ4n) is 1.08. The van der Waals surface area contributed by atoms with Gasteiger partial charge < -0.3 is 4.74 Å². The van der Waals surface area contributed by atoms with Gasteiger partial charge in [-0.2, -0.15) is 0 Å². The van der Waals surface area contributed by atoms with Gasteiger partial charge in [-0.25, -0.2) is 4.79 Å². The van der Waals surface area contributed by atoms with Gasteiger partial charge in [0.1, 0.15) is 5.69 Å². The van der Waals surface area contributed by atoms with Gasteiger partial charge in [0.05, 0.1) is 12.7 Å². The van der Waals surface area contributed by atoms with Crippen molar-refractivity contribution in [2.24, 2.45) is 5.18 Å². The van der Waals surface area contributed by atoms with Crippen LogP contribution in [0.4, 0.5) is 5.69 Å². The molecular weight excluding hydrogens is 206 g/mol. The molecule has 0 aliphatic carbocycles. The molecule has 0 atom stereocenters. The van der Waals surface area contributed by atoms with Gasteiger partial charge in [-0.3, -0.25) is 0 Å². The lowest BCUT2D eigenvalue weighted by atomic mass is 10.1. The van der Waals surface area contributed by atoms with E-state index in [1.54, 1.807) is 6.92 Å². The molecule has 1 rings (SSSR count). The summed E-state index contributed by atoms with van der Waals surface area (Å²) in [5, 5.41) is 3.05. The van der Waals surface area contributed by atoms with Gasteiger partial charge in [-0.15, -0.1) is 4.91 Å². The first-order chi connectivity index (χ1) is 6.60. The van der Waals surface area contributed by atoms with E-state index in [1.165, 1.54) is 19.2 Å². The standard InChI is InChI=1S/C9H8ClNO3/c1-5-7(9(12)14-2)3-6(10)4-8(5)11-13/h3-4H,1-2H3. The summed E-state index contributed by atoms with van der Waals surface area (Å²) in [5.41, 5.74) is 0.878. The van der Waals surface area contributed by atoms with Crippen LogP contribution in [0.3, 0.4) is 0 Å². The smallest absolute Gasteiger partial charge is 0.338 e. The van der Waals surface area contributed by atoms with Crippen molar-refractivity contribution in [1.29, 1.82) is 0 Å². The van der Waals surface area contributed by atoms with Crippen LogP contribution in [0.25, 0.3) is 0 Å². The van der Waals surface area contributed by atoms with E-state index in [1.807, 2.05) is 0 Å². The van der Waals surface area contributed by atoms with Crippen LogP contribution in [0.1, 0.15) is 15.9 Å². The highest BCUT2D eigenvalue weighted by atomic mass is 35.5. The summed E-state index contributed by atoms with van der Waals surface area (Å²) in [6.07, 6.45) is 0. The first-order valence-corrected chi connectivity index (χ1v) is 4.19. The van der Waals surface area contributed by atoms with E-state index in [2.05, 4.69) is 9.91 Å². The Balaban J connectivity index is 3.36. The fraction of sp³-hybridized carbons (Fsp3) is 0.222. The average Bonchev–Trinajstić information content (AvgIpc) is 2.19. The summed E-state index contributed by atoms with van der Waals surface area (Å²) in [4.78, 5) is 21.6. The Morgan fingerprint density at radius 1 is 1.50 bits per heavy atom. The third kappa shape index (κ3) is 1.90. The predicted molar refractivity (Wildman–Crippen MR) is 53.0 cm³/mol. The van der Waals surface area contributed by atoms with Crippen LogP contribution >= 0.6 is 11.6 Å². The molecule has 0 unspecified atom stereocenters. The lowest BCUT2D eigenvalue weighted by molar-refractivity contribution is 0.0600. The molecule has 0 saturated carbocycles. The second-order valence-corrected chi connectivity index (χ2v) is 3.12. The molecule has 4 nitrogen and oxygen atoms in total. The molecule has 0 aliphatic rings. The largest absolute Gasteiger partial charge is 0.465 e. The van der Waals surface area contributed by atoms with Crippen LogP contribution in [0, 0.1) is 11.8 Å². The molecule has 14 heavy (non-hydrogen) atoms. The van der Waals surface area contributed by atoms with Gasteiger partial charge in [-0.1, -0.05) is 11.6 Å². The third-order valence-corrected chi connectivity index (χ3v) is 2.07. The third-order valence-electron chi connectivity index (χ3n) is 1.85. The number of carbonyl (C=O) groups excluding carboxylic acids is 1. The summed E-state index contributed by atoms with van der Waals surface area (Å²) < 4.78 is 4.53. The molecule has 74 valence electrons. The van der Waals surface area contributed by atoms with Gasteiger partial charge in [-0.05, 0) is 29.8 Å². The molecule has 0 aliphatic heterocycles. The highest BCUT2D eigenvalue weighted by Gasteiger charge is 2.13. The van der Waals surface area contributed by atoms with E-state index in [0.29, 0.717) is 5.56 Å². The van der Waals surface area contributed by atoms with Crippen molar-refractivity contribution in [2.45, 2.75) is 6.92 Å². The van der Waals surface area contributed by atoms with Gasteiger partial charge in [0, 0.05) is 5.02 Å². The lowest BCUT2D eigenvalue weighted by Gasteiger charge is -2.05. The molecule has 0 saturated heterocycles. The molecular formula is C9H8ClNO3. The zero-order valence-corrected chi connectivity index (χ0v) is 8.46. The Labute approximate surface area is 85.8 Å². The number of ether oxygens (including phenoxy) is 1. The molecule has 0 fully saturated rings. The van der Waals surface area contributed by atoms with E-state index >= 15 is 0 Å². The molecule has 0 radical (unpaired) electrons. The van der Waals surface area contributed by atoms with Crippen LogP contribution in [-0.4, -0.2) is 13.1 Å². The first kappa shape index (κ1) is 10.7. The quantitative estimate of drug-likeness (QED) is 0.561. The van der Waals surface area contributed by atoms with E-state index < -0.39 is 5.97 Å². The molecule has 0 bridgehead atoms. The minimum Gasteiger partial charge on any atom is -0.465 e. The second kappa shape index (κ2) is 4.19. The summed E-state index contributed by atoms with van der Waals surface area (Å²) in [7, 11) is 1.26. The van der Waals surface area contributed by atoms with Gasteiger partial charge in [0.25, 0.3) is 0 Å². The van der Waals surface area contributed by atoms with Crippen molar-refractivity contribution < 1.29 is 9.53 Å². The van der Waals surface area contributed by atoms with E-state index in [0.717, 1.165) is 0 Å². The van der Waals surface area contributed by atoms with Crippen molar-refractivity contribution in [3.8, 4) is 0 Å². The van der Waals surface area contributed by atoms with Crippen molar-refractivity contribution in [3.05, 3.63) is 33.2 Å². The minimum absolute atomic E-state index is 0.151. The Morgan fingerprint density at radius 3 is 2.64 bits per heavy atom. The van der Waals surface area contributed by atoms with Crippen molar-refractivity contribution >= 4 is 23.3 Å². The molecule has 1 aromatic rings. The number of methoxy groups -OCH3 is 1. The number of hydrogen-bond acceptors (Lipinski definition) is 4. The molecule has 5 heteroatoms. The normalized spacial score (nSPS) is 9.64. The molecule has 1 aromatic carbocycles. The highest BCUT2D eigenvalue weighted by molar-refractivity contribution is 6.31. The van der Waals surface area contributed by atoms with Crippen LogP contribution in [0.15, 0.2) is 17.3 Å². The number of benzene rings is 1. The number of nitroso groups, excluding NO2 is 1. The number of nitrogens with zero attached hydrogens (tertiary/aromatic N) is 1. The SMILES string of the molecule is COC(=O)c1cc(Cl)cc(N=O)c1C. The summed E-state index contributed by atoms with van der Waals surface area (Å²) in [6, 6.07) is 2.84. The van der Waals surface area contributed by atoms with Crippen LogP contribution in [-0.2, 0) is 4.74 Å². The Kier molecular flexibility index (Phi) is 3.19. The number of halogens is 1. The monoisotopic (exact) mass is 213 g/mol. The summed E-state index contributed by atoms with van der Waals surface area (Å²) >= 11 is 5.70. The number of rotatable bonds is 2. The fourth-order valence-corrected chi connectivity index (χ4v) is 1.29. The zero-order chi connectivity index (χ0) is 10.7.